The van der Waals surface area contributed by atoms with Crippen LogP contribution < -0.4 is 19.6 Å². The van der Waals surface area contributed by atoms with Crippen LogP contribution in [0.15, 0.2) is 76.3 Å². The van der Waals surface area contributed by atoms with Crippen LogP contribution in [0.3, 0.4) is 0 Å². The first-order valence-corrected chi connectivity index (χ1v) is 11.0. The van der Waals surface area contributed by atoms with Crippen molar-refractivity contribution in [3.63, 3.8) is 0 Å². The van der Waals surface area contributed by atoms with Gasteiger partial charge >= 0.3 is 0 Å². The van der Waals surface area contributed by atoms with Gasteiger partial charge in [-0.15, -0.1) is 0 Å². The number of nitrogens with zero attached hydrogens (tertiary/aromatic N) is 1. The van der Waals surface area contributed by atoms with Crippen LogP contribution in [0.25, 0.3) is 11.1 Å². The molecule has 1 N–H and O–H groups in total. The Morgan fingerprint density at radius 1 is 1.09 bits per heavy atom. The molecule has 3 aromatic carbocycles. The quantitative estimate of drug-likeness (QED) is 0.316. The summed E-state index contributed by atoms with van der Waals surface area (Å²) in [7, 11) is 1.57. The number of hydrogen-bond donors (Lipinski definition) is 1. The summed E-state index contributed by atoms with van der Waals surface area (Å²) in [5, 5.41) is 4.03. The van der Waals surface area contributed by atoms with Crippen molar-refractivity contribution in [1.29, 1.82) is 0 Å². The van der Waals surface area contributed by atoms with E-state index in [0.29, 0.717) is 23.9 Å². The number of ether oxygens (including phenoxy) is 3. The van der Waals surface area contributed by atoms with Gasteiger partial charge in [0.05, 0.1) is 24.4 Å². The highest BCUT2D eigenvalue weighted by Crippen LogP contribution is 2.36. The number of hydrazone groups is 1. The van der Waals surface area contributed by atoms with Gasteiger partial charge < -0.3 is 14.2 Å². The second-order valence-corrected chi connectivity index (χ2v) is 7.71. The molecule has 1 atom stereocenters. The van der Waals surface area contributed by atoms with Gasteiger partial charge in [0.2, 0.25) is 0 Å². The number of carbonyl (C=O) groups is 1. The fourth-order valence-corrected chi connectivity index (χ4v) is 3.55. The van der Waals surface area contributed by atoms with Crippen LogP contribution in [0.4, 0.5) is 0 Å². The summed E-state index contributed by atoms with van der Waals surface area (Å²) >= 11 is 3.47. The Morgan fingerprint density at radius 3 is 2.44 bits per heavy atom. The van der Waals surface area contributed by atoms with Gasteiger partial charge in [-0.3, -0.25) is 4.79 Å². The second kappa shape index (κ2) is 11.3. The lowest BCUT2D eigenvalue weighted by molar-refractivity contribution is -0.127. The lowest BCUT2D eigenvalue weighted by Crippen LogP contribution is -2.33. The third-order valence-electron chi connectivity index (χ3n) is 4.57. The first-order chi connectivity index (χ1) is 15.5. The Balaban J connectivity index is 1.58. The van der Waals surface area contributed by atoms with Gasteiger partial charge in [0.1, 0.15) is 5.75 Å². The van der Waals surface area contributed by atoms with E-state index in [0.717, 1.165) is 21.2 Å². The summed E-state index contributed by atoms with van der Waals surface area (Å²) in [6.07, 6.45) is 0.818. The number of nitrogens with one attached hydrogen (secondary N) is 1. The van der Waals surface area contributed by atoms with Crippen LogP contribution in [0.2, 0.25) is 0 Å². The number of methoxy groups -OCH3 is 1. The summed E-state index contributed by atoms with van der Waals surface area (Å²) < 4.78 is 17.4. The molecule has 0 aliphatic heterocycles. The Kier molecular flexibility index (Phi) is 8.27. The van der Waals surface area contributed by atoms with Crippen LogP contribution >= 0.6 is 15.9 Å². The molecule has 0 aromatic heterocycles. The summed E-state index contributed by atoms with van der Waals surface area (Å²) in [6, 6.07) is 21.3. The van der Waals surface area contributed by atoms with Gasteiger partial charge in [-0.25, -0.2) is 5.43 Å². The highest BCUT2D eigenvalue weighted by Gasteiger charge is 2.14. The smallest absolute Gasteiger partial charge is 0.280 e. The van der Waals surface area contributed by atoms with Gasteiger partial charge in [-0.05, 0) is 70.7 Å². The van der Waals surface area contributed by atoms with E-state index < -0.39 is 6.10 Å². The predicted octanol–water partition coefficient (Wildman–Crippen LogP) is 5.44. The Labute approximate surface area is 196 Å². The second-order valence-electron chi connectivity index (χ2n) is 6.85. The SMILES string of the molecule is CCOc1c(Br)cc(/C=N/NC(=O)C(C)Oc2ccc(-c3ccccc3)cc2)cc1OC. The Hall–Kier alpha value is -3.32. The van der Waals surface area contributed by atoms with Crippen molar-refractivity contribution in [3.05, 3.63) is 76.8 Å². The Bertz CT molecular complexity index is 1070. The fraction of sp³-hybridized carbons (Fsp3) is 0.200. The van der Waals surface area contributed by atoms with E-state index in [-0.39, 0.29) is 5.91 Å². The fourth-order valence-electron chi connectivity index (χ4n) is 2.97. The van der Waals surface area contributed by atoms with Gasteiger partial charge in [0.25, 0.3) is 5.91 Å². The molecule has 3 rings (SSSR count). The minimum atomic E-state index is -0.712. The van der Waals surface area contributed by atoms with E-state index in [9.17, 15) is 4.79 Å². The van der Waals surface area contributed by atoms with Crippen molar-refractivity contribution >= 4 is 28.1 Å². The number of hydrogen-bond acceptors (Lipinski definition) is 5. The zero-order valence-electron chi connectivity index (χ0n) is 18.2. The van der Waals surface area contributed by atoms with E-state index in [4.69, 9.17) is 14.2 Å². The average Bonchev–Trinajstić information content (AvgIpc) is 2.81. The van der Waals surface area contributed by atoms with Crippen molar-refractivity contribution in [2.45, 2.75) is 20.0 Å². The summed E-state index contributed by atoms with van der Waals surface area (Å²) in [4.78, 5) is 12.4. The molecule has 0 fully saturated rings. The molecule has 7 heteroatoms. The van der Waals surface area contributed by atoms with Crippen molar-refractivity contribution < 1.29 is 19.0 Å². The monoisotopic (exact) mass is 496 g/mol. The van der Waals surface area contributed by atoms with Gasteiger partial charge in [0, 0.05) is 0 Å². The molecule has 0 radical (unpaired) electrons. The maximum atomic E-state index is 12.4. The first-order valence-electron chi connectivity index (χ1n) is 10.2. The van der Waals surface area contributed by atoms with Crippen LogP contribution in [0.5, 0.6) is 17.2 Å². The standard InChI is InChI=1S/C25H25BrN2O4/c1-4-31-24-22(26)14-18(15-23(24)30-3)16-27-28-25(29)17(2)32-21-12-10-20(11-13-21)19-8-6-5-7-9-19/h5-17H,4H2,1-3H3,(H,28,29)/b27-16+. The van der Waals surface area contributed by atoms with E-state index in [2.05, 4.69) is 26.5 Å². The molecule has 0 spiro atoms. The predicted molar refractivity (Wildman–Crippen MR) is 130 cm³/mol. The van der Waals surface area contributed by atoms with Gasteiger partial charge in [0.15, 0.2) is 17.6 Å². The Morgan fingerprint density at radius 2 is 1.78 bits per heavy atom. The third-order valence-corrected chi connectivity index (χ3v) is 5.16. The first kappa shape index (κ1) is 23.3. The molecule has 0 aliphatic carbocycles. The molecule has 1 unspecified atom stereocenters. The number of carbonyl (C=O) groups excluding carboxylic acids is 1. The molecule has 0 bridgehead atoms. The molecule has 166 valence electrons. The molecule has 1 amide bonds. The molecule has 0 heterocycles. The molecular weight excluding hydrogens is 472 g/mol. The molecular formula is C25H25BrN2O4. The zero-order chi connectivity index (χ0) is 22.9. The minimum absolute atomic E-state index is 0.356. The summed E-state index contributed by atoms with van der Waals surface area (Å²) in [6.45, 7) is 4.09. The van der Waals surface area contributed by atoms with Crippen LogP contribution in [-0.4, -0.2) is 31.9 Å². The highest BCUT2D eigenvalue weighted by molar-refractivity contribution is 9.10. The lowest BCUT2D eigenvalue weighted by Gasteiger charge is -2.13. The molecule has 0 saturated carbocycles. The van der Waals surface area contributed by atoms with Crippen molar-refractivity contribution in [3.8, 4) is 28.4 Å². The number of amides is 1. The minimum Gasteiger partial charge on any atom is -0.493 e. The summed E-state index contributed by atoms with van der Waals surface area (Å²) in [5.74, 6) is 1.45. The van der Waals surface area contributed by atoms with E-state index in [1.165, 1.54) is 6.21 Å². The van der Waals surface area contributed by atoms with Crippen LogP contribution in [0.1, 0.15) is 19.4 Å². The third kappa shape index (κ3) is 6.11. The van der Waals surface area contributed by atoms with Crippen molar-refractivity contribution in [2.75, 3.05) is 13.7 Å². The summed E-state index contributed by atoms with van der Waals surface area (Å²) in [5.41, 5.74) is 5.44. The van der Waals surface area contributed by atoms with Gasteiger partial charge in [-0.2, -0.15) is 5.10 Å². The molecule has 0 aliphatic rings. The van der Waals surface area contributed by atoms with Crippen molar-refractivity contribution in [1.82, 2.24) is 5.43 Å². The number of benzene rings is 3. The van der Waals surface area contributed by atoms with E-state index in [1.54, 1.807) is 20.1 Å². The van der Waals surface area contributed by atoms with Gasteiger partial charge in [-0.1, -0.05) is 42.5 Å². The topological polar surface area (TPSA) is 69.2 Å². The zero-order valence-corrected chi connectivity index (χ0v) is 19.8. The van der Waals surface area contributed by atoms with Crippen LogP contribution in [0, 0.1) is 0 Å². The van der Waals surface area contributed by atoms with E-state index in [1.807, 2.05) is 67.6 Å². The normalized spacial score (nSPS) is 11.8. The molecule has 3 aromatic rings. The molecule has 6 nitrogen and oxygen atoms in total. The maximum Gasteiger partial charge on any atom is 0.280 e. The highest BCUT2D eigenvalue weighted by atomic mass is 79.9. The number of rotatable bonds is 9. The number of halogens is 1. The lowest BCUT2D eigenvalue weighted by atomic mass is 10.1. The largest absolute Gasteiger partial charge is 0.493 e. The average molecular weight is 497 g/mol. The van der Waals surface area contributed by atoms with E-state index >= 15 is 0 Å². The molecule has 32 heavy (non-hydrogen) atoms. The van der Waals surface area contributed by atoms with Crippen LogP contribution in [-0.2, 0) is 4.79 Å². The van der Waals surface area contributed by atoms with Crippen molar-refractivity contribution in [2.24, 2.45) is 5.10 Å². The molecule has 0 saturated heterocycles. The maximum absolute atomic E-state index is 12.4.